The van der Waals surface area contributed by atoms with Crippen molar-refractivity contribution < 1.29 is 22.6 Å². The first-order valence-electron chi connectivity index (χ1n) is 9.83. The van der Waals surface area contributed by atoms with Crippen LogP contribution in [0.15, 0.2) is 54.7 Å². The van der Waals surface area contributed by atoms with Gasteiger partial charge in [0.2, 0.25) is 5.95 Å². The average molecular weight is 432 g/mol. The second kappa shape index (κ2) is 10.0. The summed E-state index contributed by atoms with van der Waals surface area (Å²) in [7, 11) is 0. The van der Waals surface area contributed by atoms with Crippen LogP contribution in [0, 0.1) is 0 Å². The van der Waals surface area contributed by atoms with Gasteiger partial charge in [-0.3, -0.25) is 0 Å². The maximum Gasteiger partial charge on any atom is 0.421 e. The van der Waals surface area contributed by atoms with Gasteiger partial charge in [-0.05, 0) is 61.9 Å². The van der Waals surface area contributed by atoms with Crippen molar-refractivity contribution >= 4 is 23.1 Å². The zero-order valence-corrected chi connectivity index (χ0v) is 17.2. The zero-order chi connectivity index (χ0) is 22.3. The first-order chi connectivity index (χ1) is 14.9. The van der Waals surface area contributed by atoms with Gasteiger partial charge in [0, 0.05) is 17.6 Å². The van der Waals surface area contributed by atoms with Gasteiger partial charge in [0.05, 0.1) is 13.2 Å². The van der Waals surface area contributed by atoms with Crippen molar-refractivity contribution in [1.82, 2.24) is 9.97 Å². The van der Waals surface area contributed by atoms with E-state index in [-0.39, 0.29) is 11.8 Å². The molecule has 0 amide bonds. The fraction of sp³-hybridized carbons (Fsp3) is 0.273. The maximum atomic E-state index is 13.4. The molecule has 0 aliphatic rings. The first kappa shape index (κ1) is 22.2. The number of halogens is 3. The van der Waals surface area contributed by atoms with Gasteiger partial charge in [0.25, 0.3) is 0 Å². The van der Waals surface area contributed by atoms with E-state index in [1.54, 1.807) is 48.5 Å². The summed E-state index contributed by atoms with van der Waals surface area (Å²) >= 11 is 0. The molecule has 164 valence electrons. The van der Waals surface area contributed by atoms with Crippen molar-refractivity contribution in [2.75, 3.05) is 23.8 Å². The Morgan fingerprint density at radius 2 is 1.42 bits per heavy atom. The molecule has 0 atom stereocenters. The number of hydrogen-bond acceptors (Lipinski definition) is 6. The minimum atomic E-state index is -4.61. The summed E-state index contributed by atoms with van der Waals surface area (Å²) in [5.74, 6) is 1.01. The molecule has 3 rings (SSSR count). The predicted molar refractivity (Wildman–Crippen MR) is 113 cm³/mol. The van der Waals surface area contributed by atoms with E-state index in [0.29, 0.717) is 36.1 Å². The molecule has 0 aliphatic heterocycles. The molecule has 0 fully saturated rings. The molecular formula is C22H23F3N4O2. The van der Waals surface area contributed by atoms with Gasteiger partial charge in [0.1, 0.15) is 22.9 Å². The minimum absolute atomic E-state index is 0.0312. The Labute approximate surface area is 178 Å². The molecule has 3 aromatic rings. The van der Waals surface area contributed by atoms with Gasteiger partial charge >= 0.3 is 6.18 Å². The summed E-state index contributed by atoms with van der Waals surface area (Å²) in [4.78, 5) is 7.86. The van der Waals surface area contributed by atoms with Crippen LogP contribution in [-0.4, -0.2) is 23.2 Å². The van der Waals surface area contributed by atoms with Crippen molar-refractivity contribution in [1.29, 1.82) is 0 Å². The predicted octanol–water partition coefficient (Wildman–Crippen LogP) is 6.17. The van der Waals surface area contributed by atoms with E-state index in [4.69, 9.17) is 9.47 Å². The van der Waals surface area contributed by atoms with E-state index in [1.165, 1.54) is 0 Å². The number of hydrogen-bond donors (Lipinski definition) is 2. The molecule has 31 heavy (non-hydrogen) atoms. The monoisotopic (exact) mass is 432 g/mol. The summed E-state index contributed by atoms with van der Waals surface area (Å²) in [5.41, 5.74) is 0.0990. The summed E-state index contributed by atoms with van der Waals surface area (Å²) in [5, 5.41) is 5.63. The van der Waals surface area contributed by atoms with Gasteiger partial charge < -0.3 is 20.1 Å². The molecule has 0 saturated heterocycles. The molecule has 1 heterocycles. The van der Waals surface area contributed by atoms with Crippen LogP contribution >= 0.6 is 0 Å². The Morgan fingerprint density at radius 1 is 0.839 bits per heavy atom. The average Bonchev–Trinajstić information content (AvgIpc) is 2.74. The summed E-state index contributed by atoms with van der Waals surface area (Å²) in [6, 6.07) is 13.6. The molecule has 1 aromatic heterocycles. The SMILES string of the molecule is CCCOc1ccc(Nc2ncc(C(F)(F)F)c(Nc3ccc(OCC)cc3)n2)cc1. The topological polar surface area (TPSA) is 68.3 Å². The van der Waals surface area contributed by atoms with Gasteiger partial charge in [-0.2, -0.15) is 18.2 Å². The highest BCUT2D eigenvalue weighted by Gasteiger charge is 2.35. The Balaban J connectivity index is 1.81. The fourth-order valence-corrected chi connectivity index (χ4v) is 2.67. The first-order valence-corrected chi connectivity index (χ1v) is 9.83. The van der Waals surface area contributed by atoms with Gasteiger partial charge in [0.15, 0.2) is 0 Å². The third kappa shape index (κ3) is 6.24. The van der Waals surface area contributed by atoms with E-state index < -0.39 is 11.7 Å². The number of aromatic nitrogens is 2. The van der Waals surface area contributed by atoms with E-state index in [9.17, 15) is 13.2 Å². The second-order valence-electron chi connectivity index (χ2n) is 6.53. The van der Waals surface area contributed by atoms with E-state index in [0.717, 1.165) is 12.6 Å². The van der Waals surface area contributed by atoms with Crippen LogP contribution in [0.4, 0.5) is 36.3 Å². The molecule has 0 spiro atoms. The molecule has 0 radical (unpaired) electrons. The highest BCUT2D eigenvalue weighted by atomic mass is 19.4. The number of nitrogens with zero attached hydrogens (tertiary/aromatic N) is 2. The van der Waals surface area contributed by atoms with Gasteiger partial charge in [-0.15, -0.1) is 0 Å². The Hall–Kier alpha value is -3.49. The standard InChI is InChI=1S/C22H23F3N4O2/c1-3-13-31-18-11-7-16(8-12-18)28-21-26-14-19(22(23,24)25)20(29-21)27-15-5-9-17(10-6-15)30-4-2/h5-12,14H,3-4,13H2,1-2H3,(H2,26,27,28,29). The van der Waals surface area contributed by atoms with Crippen LogP contribution in [0.2, 0.25) is 0 Å². The van der Waals surface area contributed by atoms with Crippen molar-refractivity contribution in [3.63, 3.8) is 0 Å². The normalized spacial score (nSPS) is 11.1. The Bertz CT molecular complexity index is 978. The smallest absolute Gasteiger partial charge is 0.421 e. The van der Waals surface area contributed by atoms with E-state index in [2.05, 4.69) is 20.6 Å². The molecule has 0 unspecified atom stereocenters. The highest BCUT2D eigenvalue weighted by molar-refractivity contribution is 5.63. The quantitative estimate of drug-likeness (QED) is 0.421. The molecule has 0 aliphatic carbocycles. The number of ether oxygens (including phenoxy) is 2. The molecular weight excluding hydrogens is 409 g/mol. The van der Waals surface area contributed by atoms with E-state index in [1.807, 2.05) is 13.8 Å². The van der Waals surface area contributed by atoms with Crippen molar-refractivity contribution in [3.8, 4) is 11.5 Å². The molecule has 9 heteroatoms. The molecule has 0 saturated carbocycles. The maximum absolute atomic E-state index is 13.4. The van der Waals surface area contributed by atoms with Crippen molar-refractivity contribution in [3.05, 3.63) is 60.3 Å². The number of anilines is 4. The molecule has 2 N–H and O–H groups in total. The molecule has 0 bridgehead atoms. The number of benzene rings is 2. The number of alkyl halides is 3. The summed E-state index contributed by atoms with van der Waals surface area (Å²) in [6.07, 6.45) is -2.96. The van der Waals surface area contributed by atoms with Gasteiger partial charge in [-0.25, -0.2) is 4.98 Å². The molecule has 6 nitrogen and oxygen atoms in total. The highest BCUT2D eigenvalue weighted by Crippen LogP contribution is 2.35. The fourth-order valence-electron chi connectivity index (χ4n) is 2.67. The van der Waals surface area contributed by atoms with Crippen molar-refractivity contribution in [2.24, 2.45) is 0 Å². The number of nitrogens with one attached hydrogen (secondary N) is 2. The van der Waals surface area contributed by atoms with Crippen LogP contribution < -0.4 is 20.1 Å². The zero-order valence-electron chi connectivity index (χ0n) is 17.2. The van der Waals surface area contributed by atoms with Crippen LogP contribution in [-0.2, 0) is 6.18 Å². The third-order valence-electron chi connectivity index (χ3n) is 4.11. The van der Waals surface area contributed by atoms with Crippen LogP contribution in [0.3, 0.4) is 0 Å². The summed E-state index contributed by atoms with van der Waals surface area (Å²) in [6.45, 7) is 4.97. The largest absolute Gasteiger partial charge is 0.494 e. The number of rotatable bonds is 9. The third-order valence-corrected chi connectivity index (χ3v) is 4.11. The molecule has 2 aromatic carbocycles. The lowest BCUT2D eigenvalue weighted by molar-refractivity contribution is -0.137. The summed E-state index contributed by atoms with van der Waals surface area (Å²) < 4.78 is 51.2. The van der Waals surface area contributed by atoms with Crippen molar-refractivity contribution in [2.45, 2.75) is 26.4 Å². The lowest BCUT2D eigenvalue weighted by Crippen LogP contribution is -2.12. The van der Waals surface area contributed by atoms with E-state index >= 15 is 0 Å². The van der Waals surface area contributed by atoms with Crippen LogP contribution in [0.1, 0.15) is 25.8 Å². The van der Waals surface area contributed by atoms with Crippen LogP contribution in [0.5, 0.6) is 11.5 Å². The Morgan fingerprint density at radius 3 is 1.97 bits per heavy atom. The minimum Gasteiger partial charge on any atom is -0.494 e. The van der Waals surface area contributed by atoms with Crippen LogP contribution in [0.25, 0.3) is 0 Å². The second-order valence-corrected chi connectivity index (χ2v) is 6.53. The lowest BCUT2D eigenvalue weighted by atomic mass is 10.2. The Kier molecular flexibility index (Phi) is 7.17. The van der Waals surface area contributed by atoms with Gasteiger partial charge in [-0.1, -0.05) is 6.92 Å². The lowest BCUT2D eigenvalue weighted by Gasteiger charge is -2.15.